The molecule has 5 rings (SSSR count). The van der Waals surface area contributed by atoms with Crippen molar-refractivity contribution in [1.82, 2.24) is 10.2 Å². The maximum Gasteiger partial charge on any atom is 0.0389 e. The third-order valence-corrected chi connectivity index (χ3v) is 6.98. The Labute approximate surface area is 126 Å². The van der Waals surface area contributed by atoms with Crippen molar-refractivity contribution in [2.24, 2.45) is 5.92 Å². The number of nitrogens with one attached hydrogen (secondary N) is 1. The summed E-state index contributed by atoms with van der Waals surface area (Å²) in [5.74, 6) is 0.928. The summed E-state index contributed by atoms with van der Waals surface area (Å²) in [6, 6.07) is 3.76. The topological polar surface area (TPSA) is 15.3 Å². The predicted octanol–water partition coefficient (Wildman–Crippen LogP) is 3.37. The minimum atomic E-state index is 0.538. The number of hydrogen-bond acceptors (Lipinski definition) is 3. The van der Waals surface area contributed by atoms with E-state index in [0.29, 0.717) is 6.04 Å². The lowest BCUT2D eigenvalue weighted by Crippen LogP contribution is -2.56. The minimum absolute atomic E-state index is 0.538. The highest BCUT2D eigenvalue weighted by Crippen LogP contribution is 2.34. The quantitative estimate of drug-likeness (QED) is 0.918. The summed E-state index contributed by atoms with van der Waals surface area (Å²) < 4.78 is 0. The van der Waals surface area contributed by atoms with Gasteiger partial charge in [-0.2, -0.15) is 0 Å². The van der Waals surface area contributed by atoms with Gasteiger partial charge in [-0.25, -0.2) is 0 Å². The van der Waals surface area contributed by atoms with E-state index in [0.717, 1.165) is 12.0 Å². The molecule has 2 atom stereocenters. The van der Waals surface area contributed by atoms with Gasteiger partial charge >= 0.3 is 0 Å². The van der Waals surface area contributed by atoms with Crippen LogP contribution in [0.5, 0.6) is 0 Å². The van der Waals surface area contributed by atoms with Crippen LogP contribution in [0.2, 0.25) is 0 Å². The Morgan fingerprint density at radius 1 is 1.25 bits per heavy atom. The van der Waals surface area contributed by atoms with Crippen LogP contribution in [-0.2, 0) is 12.8 Å². The molecule has 3 heteroatoms. The Hall–Kier alpha value is -0.380. The molecule has 0 aromatic carbocycles. The minimum Gasteiger partial charge on any atom is -0.305 e. The number of fused-ring (bicyclic) bond motifs is 4. The smallest absolute Gasteiger partial charge is 0.0389 e. The first-order valence-corrected chi connectivity index (χ1v) is 9.21. The molecule has 3 saturated heterocycles. The summed E-state index contributed by atoms with van der Waals surface area (Å²) in [5.41, 5.74) is 1.65. The highest BCUT2D eigenvalue weighted by molar-refractivity contribution is 7.12. The molecule has 1 N–H and O–H groups in total. The second kappa shape index (κ2) is 5.43. The van der Waals surface area contributed by atoms with Crippen molar-refractivity contribution in [3.63, 3.8) is 0 Å². The summed E-state index contributed by atoms with van der Waals surface area (Å²) in [7, 11) is 0. The van der Waals surface area contributed by atoms with Crippen molar-refractivity contribution in [2.45, 2.75) is 57.5 Å². The van der Waals surface area contributed by atoms with Gasteiger partial charge in [-0.3, -0.25) is 0 Å². The summed E-state index contributed by atoms with van der Waals surface area (Å²) >= 11 is 2.08. The molecular weight excluding hydrogens is 264 g/mol. The molecule has 2 bridgehead atoms. The first-order valence-electron chi connectivity index (χ1n) is 8.39. The fraction of sp³-hybridized carbons (Fsp3) is 0.765. The summed E-state index contributed by atoms with van der Waals surface area (Å²) in [5, 5.41) is 3.94. The molecule has 0 radical (unpaired) electrons. The van der Waals surface area contributed by atoms with Crippen LogP contribution in [0.15, 0.2) is 6.07 Å². The Kier molecular flexibility index (Phi) is 3.61. The van der Waals surface area contributed by atoms with E-state index in [2.05, 4.69) is 34.5 Å². The lowest BCUT2D eigenvalue weighted by molar-refractivity contribution is 0.0682. The largest absolute Gasteiger partial charge is 0.305 e. The van der Waals surface area contributed by atoms with Crippen molar-refractivity contribution in [1.29, 1.82) is 0 Å². The van der Waals surface area contributed by atoms with Crippen LogP contribution in [0, 0.1) is 5.92 Å². The molecular formula is C17H26N2S. The van der Waals surface area contributed by atoms with Gasteiger partial charge in [0, 0.05) is 28.4 Å². The van der Waals surface area contributed by atoms with Gasteiger partial charge in [0.05, 0.1) is 0 Å². The van der Waals surface area contributed by atoms with Gasteiger partial charge < -0.3 is 10.2 Å². The van der Waals surface area contributed by atoms with Crippen LogP contribution in [0.3, 0.4) is 0 Å². The van der Waals surface area contributed by atoms with E-state index in [1.807, 2.05) is 0 Å². The zero-order valence-electron chi connectivity index (χ0n) is 12.5. The first-order chi connectivity index (χ1) is 9.79. The lowest BCUT2D eigenvalue weighted by Gasteiger charge is -2.46. The van der Waals surface area contributed by atoms with Gasteiger partial charge in [-0.15, -0.1) is 11.3 Å². The van der Waals surface area contributed by atoms with Crippen LogP contribution < -0.4 is 5.32 Å². The van der Waals surface area contributed by atoms with E-state index in [1.165, 1.54) is 58.2 Å². The molecule has 2 unspecified atom stereocenters. The average molecular weight is 290 g/mol. The Balaban J connectivity index is 1.44. The third-order valence-electron chi connectivity index (χ3n) is 5.56. The maximum absolute atomic E-state index is 3.94. The van der Waals surface area contributed by atoms with E-state index < -0.39 is 0 Å². The Bertz CT molecular complexity index is 450. The molecule has 20 heavy (non-hydrogen) atoms. The SMILES string of the molecule is CC(NC1CN2CCC1CC2)c1cc2c(s1)CCCC2. The molecule has 1 aromatic rings. The van der Waals surface area contributed by atoms with E-state index in [-0.39, 0.29) is 0 Å². The average Bonchev–Trinajstić information content (AvgIpc) is 2.92. The van der Waals surface area contributed by atoms with E-state index in [1.54, 1.807) is 15.3 Å². The number of hydrogen-bond donors (Lipinski definition) is 1. The van der Waals surface area contributed by atoms with Crippen molar-refractivity contribution >= 4 is 11.3 Å². The van der Waals surface area contributed by atoms with Crippen molar-refractivity contribution in [3.8, 4) is 0 Å². The number of thiophene rings is 1. The molecule has 0 saturated carbocycles. The fourth-order valence-electron chi connectivity index (χ4n) is 4.28. The normalized spacial score (nSPS) is 34.0. The second-order valence-electron chi connectivity index (χ2n) is 6.94. The summed E-state index contributed by atoms with van der Waals surface area (Å²) in [6.07, 6.45) is 8.25. The lowest BCUT2D eigenvalue weighted by atomic mass is 9.83. The monoisotopic (exact) mass is 290 g/mol. The number of nitrogens with zero attached hydrogens (tertiary/aromatic N) is 1. The van der Waals surface area contributed by atoms with Crippen LogP contribution in [-0.4, -0.2) is 30.6 Å². The molecule has 0 amide bonds. The molecule has 1 aliphatic carbocycles. The van der Waals surface area contributed by atoms with E-state index in [9.17, 15) is 0 Å². The fourth-order valence-corrected chi connectivity index (χ4v) is 5.55. The molecule has 0 spiro atoms. The van der Waals surface area contributed by atoms with Crippen LogP contribution in [0.1, 0.15) is 54.0 Å². The number of rotatable bonds is 3. The van der Waals surface area contributed by atoms with Crippen LogP contribution >= 0.6 is 11.3 Å². The van der Waals surface area contributed by atoms with Crippen molar-refractivity contribution in [2.75, 3.05) is 19.6 Å². The molecule has 4 heterocycles. The number of piperidine rings is 3. The zero-order chi connectivity index (χ0) is 13.5. The van der Waals surface area contributed by atoms with E-state index >= 15 is 0 Å². The Morgan fingerprint density at radius 3 is 2.75 bits per heavy atom. The molecule has 3 fully saturated rings. The molecule has 2 nitrogen and oxygen atoms in total. The van der Waals surface area contributed by atoms with Gasteiger partial charge in [0.1, 0.15) is 0 Å². The molecule has 1 aromatic heterocycles. The van der Waals surface area contributed by atoms with Crippen molar-refractivity contribution in [3.05, 3.63) is 21.4 Å². The van der Waals surface area contributed by atoms with Gasteiger partial charge in [-0.1, -0.05) is 0 Å². The van der Waals surface area contributed by atoms with Gasteiger partial charge in [0.15, 0.2) is 0 Å². The highest BCUT2D eigenvalue weighted by atomic mass is 32.1. The predicted molar refractivity (Wildman–Crippen MR) is 85.5 cm³/mol. The third kappa shape index (κ3) is 2.44. The molecule has 4 aliphatic rings. The van der Waals surface area contributed by atoms with Gasteiger partial charge in [0.2, 0.25) is 0 Å². The Morgan fingerprint density at radius 2 is 2.05 bits per heavy atom. The standard InChI is InChI=1S/C17H26N2S/c1-12(17-10-14-4-2-3-5-16(14)20-17)18-15-11-19-8-6-13(15)7-9-19/h10,12-13,15,18H,2-9,11H2,1H3. The van der Waals surface area contributed by atoms with E-state index in [4.69, 9.17) is 0 Å². The van der Waals surface area contributed by atoms with Crippen LogP contribution in [0.4, 0.5) is 0 Å². The summed E-state index contributed by atoms with van der Waals surface area (Å²) in [6.45, 7) is 6.32. The van der Waals surface area contributed by atoms with Crippen molar-refractivity contribution < 1.29 is 0 Å². The number of aryl methyl sites for hydroxylation is 2. The molecule has 3 aliphatic heterocycles. The second-order valence-corrected chi connectivity index (χ2v) is 8.11. The van der Waals surface area contributed by atoms with Gasteiger partial charge in [0.25, 0.3) is 0 Å². The van der Waals surface area contributed by atoms with Gasteiger partial charge in [-0.05, 0) is 76.1 Å². The summed E-state index contributed by atoms with van der Waals surface area (Å²) in [4.78, 5) is 5.89. The maximum atomic E-state index is 3.94. The first kappa shape index (κ1) is 13.3. The highest BCUT2D eigenvalue weighted by Gasteiger charge is 2.34. The zero-order valence-corrected chi connectivity index (χ0v) is 13.3. The molecule has 110 valence electrons. The van der Waals surface area contributed by atoms with Crippen LogP contribution in [0.25, 0.3) is 0 Å².